The molecule has 0 fully saturated rings. The summed E-state index contributed by atoms with van der Waals surface area (Å²) in [6, 6.07) is 0. The number of hydrogen-bond donors (Lipinski definition) is 1. The largest absolute Gasteiger partial charge is 0.388 e. The standard InChI is InChI=1S/C5H6ClNOS/c1-3(8)5-4(6)2-7-9-5/h2-3,8H,1H3. The number of nitrogens with zero attached hydrogens (tertiary/aromatic N) is 1. The summed E-state index contributed by atoms with van der Waals surface area (Å²) in [6.45, 7) is 1.67. The van der Waals surface area contributed by atoms with Gasteiger partial charge in [-0.15, -0.1) is 0 Å². The van der Waals surface area contributed by atoms with Crippen LogP contribution in [0.2, 0.25) is 5.02 Å². The number of aromatic nitrogens is 1. The molecule has 0 spiro atoms. The van der Waals surface area contributed by atoms with Crippen molar-refractivity contribution in [3.8, 4) is 0 Å². The molecule has 4 heteroatoms. The van der Waals surface area contributed by atoms with Gasteiger partial charge in [0, 0.05) is 0 Å². The van der Waals surface area contributed by atoms with Crippen LogP contribution in [0.15, 0.2) is 6.20 Å². The third kappa shape index (κ3) is 1.41. The highest BCUT2D eigenvalue weighted by atomic mass is 35.5. The maximum atomic E-state index is 8.98. The maximum absolute atomic E-state index is 8.98. The lowest BCUT2D eigenvalue weighted by Crippen LogP contribution is -1.85. The number of hydrogen-bond acceptors (Lipinski definition) is 3. The molecule has 1 aromatic heterocycles. The SMILES string of the molecule is CC(O)c1sncc1Cl. The Labute approximate surface area is 62.3 Å². The van der Waals surface area contributed by atoms with Gasteiger partial charge in [-0.25, -0.2) is 0 Å². The summed E-state index contributed by atoms with van der Waals surface area (Å²) in [5, 5.41) is 9.53. The van der Waals surface area contributed by atoms with Gasteiger partial charge in [-0.3, -0.25) is 0 Å². The number of aliphatic hydroxyl groups is 1. The molecule has 1 heterocycles. The molecule has 1 atom stereocenters. The fourth-order valence-electron chi connectivity index (χ4n) is 0.512. The van der Waals surface area contributed by atoms with Crippen LogP contribution in [0.3, 0.4) is 0 Å². The summed E-state index contributed by atoms with van der Waals surface area (Å²) >= 11 is 6.85. The molecule has 2 nitrogen and oxygen atoms in total. The van der Waals surface area contributed by atoms with E-state index in [-0.39, 0.29) is 0 Å². The van der Waals surface area contributed by atoms with E-state index in [0.29, 0.717) is 5.02 Å². The van der Waals surface area contributed by atoms with Crippen LogP contribution in [0.4, 0.5) is 0 Å². The van der Waals surface area contributed by atoms with E-state index in [1.54, 1.807) is 6.92 Å². The summed E-state index contributed by atoms with van der Waals surface area (Å²) in [4.78, 5) is 0.733. The summed E-state index contributed by atoms with van der Waals surface area (Å²) in [6.07, 6.45) is 1.04. The average molecular weight is 164 g/mol. The van der Waals surface area contributed by atoms with Crippen LogP contribution in [0, 0.1) is 0 Å². The molecule has 0 aliphatic rings. The van der Waals surface area contributed by atoms with Crippen molar-refractivity contribution in [2.75, 3.05) is 0 Å². The van der Waals surface area contributed by atoms with Crippen LogP contribution in [0.1, 0.15) is 17.9 Å². The fraction of sp³-hybridized carbons (Fsp3) is 0.400. The van der Waals surface area contributed by atoms with E-state index in [4.69, 9.17) is 16.7 Å². The Bertz CT molecular complexity index is 199. The minimum absolute atomic E-state index is 0.495. The highest BCUT2D eigenvalue weighted by Gasteiger charge is 2.07. The molecule has 1 rings (SSSR count). The third-order valence-corrected chi connectivity index (χ3v) is 2.31. The fourth-order valence-corrected chi connectivity index (χ4v) is 1.44. The topological polar surface area (TPSA) is 33.1 Å². The Balaban J connectivity index is 2.94. The monoisotopic (exact) mass is 163 g/mol. The molecule has 0 aromatic carbocycles. The van der Waals surface area contributed by atoms with Crippen molar-refractivity contribution in [1.29, 1.82) is 0 Å². The molecular formula is C5H6ClNOS. The minimum Gasteiger partial charge on any atom is -0.388 e. The zero-order chi connectivity index (χ0) is 6.85. The number of halogens is 1. The van der Waals surface area contributed by atoms with Crippen LogP contribution in [-0.2, 0) is 0 Å². The van der Waals surface area contributed by atoms with Gasteiger partial charge in [0.05, 0.1) is 22.2 Å². The molecule has 50 valence electrons. The van der Waals surface area contributed by atoms with Gasteiger partial charge < -0.3 is 5.11 Å². The van der Waals surface area contributed by atoms with Crippen LogP contribution in [0.25, 0.3) is 0 Å². The quantitative estimate of drug-likeness (QED) is 0.686. The molecule has 1 N–H and O–H groups in total. The molecule has 1 unspecified atom stereocenters. The van der Waals surface area contributed by atoms with Crippen LogP contribution in [-0.4, -0.2) is 9.48 Å². The van der Waals surface area contributed by atoms with E-state index in [1.807, 2.05) is 0 Å². The summed E-state index contributed by atoms with van der Waals surface area (Å²) in [5.41, 5.74) is 0. The van der Waals surface area contributed by atoms with Crippen molar-refractivity contribution in [2.24, 2.45) is 0 Å². The lowest BCUT2D eigenvalue weighted by molar-refractivity contribution is 0.203. The second kappa shape index (κ2) is 2.64. The smallest absolute Gasteiger partial charge is 0.0884 e. The second-order valence-corrected chi connectivity index (χ2v) is 2.95. The van der Waals surface area contributed by atoms with E-state index >= 15 is 0 Å². The van der Waals surface area contributed by atoms with Crippen molar-refractivity contribution >= 4 is 23.1 Å². The highest BCUT2D eigenvalue weighted by Crippen LogP contribution is 2.25. The lowest BCUT2D eigenvalue weighted by atomic mass is 10.3. The Morgan fingerprint density at radius 3 is 2.78 bits per heavy atom. The van der Waals surface area contributed by atoms with Gasteiger partial charge in [-0.05, 0) is 18.5 Å². The summed E-state index contributed by atoms with van der Waals surface area (Å²) in [5.74, 6) is 0. The summed E-state index contributed by atoms with van der Waals surface area (Å²) < 4.78 is 3.79. The number of aliphatic hydroxyl groups excluding tert-OH is 1. The van der Waals surface area contributed by atoms with E-state index < -0.39 is 6.10 Å². The van der Waals surface area contributed by atoms with Gasteiger partial charge >= 0.3 is 0 Å². The highest BCUT2D eigenvalue weighted by molar-refractivity contribution is 7.06. The predicted octanol–water partition coefficient (Wildman–Crippen LogP) is 1.85. The van der Waals surface area contributed by atoms with E-state index in [9.17, 15) is 0 Å². The van der Waals surface area contributed by atoms with Gasteiger partial charge in [0.1, 0.15) is 0 Å². The molecule has 0 aliphatic carbocycles. The zero-order valence-electron chi connectivity index (χ0n) is 4.84. The van der Waals surface area contributed by atoms with Crippen molar-refractivity contribution in [3.63, 3.8) is 0 Å². The van der Waals surface area contributed by atoms with Gasteiger partial charge in [-0.2, -0.15) is 4.37 Å². The average Bonchev–Trinajstić information content (AvgIpc) is 2.13. The predicted molar refractivity (Wildman–Crippen MR) is 37.8 cm³/mol. The Morgan fingerprint density at radius 2 is 2.56 bits per heavy atom. The van der Waals surface area contributed by atoms with Gasteiger partial charge in [0.2, 0.25) is 0 Å². The van der Waals surface area contributed by atoms with E-state index in [1.165, 1.54) is 17.7 Å². The van der Waals surface area contributed by atoms with Crippen molar-refractivity contribution in [2.45, 2.75) is 13.0 Å². The maximum Gasteiger partial charge on any atom is 0.0884 e. The first-order valence-corrected chi connectivity index (χ1v) is 3.65. The first kappa shape index (κ1) is 6.99. The van der Waals surface area contributed by atoms with Gasteiger partial charge in [0.25, 0.3) is 0 Å². The lowest BCUT2D eigenvalue weighted by Gasteiger charge is -1.96. The third-order valence-electron chi connectivity index (χ3n) is 0.932. The Morgan fingerprint density at radius 1 is 1.89 bits per heavy atom. The van der Waals surface area contributed by atoms with Gasteiger partial charge in [0.15, 0.2) is 0 Å². The van der Waals surface area contributed by atoms with Crippen molar-refractivity contribution in [1.82, 2.24) is 4.37 Å². The van der Waals surface area contributed by atoms with Gasteiger partial charge in [-0.1, -0.05) is 11.6 Å². The molecule has 0 saturated carbocycles. The molecular weight excluding hydrogens is 158 g/mol. The number of rotatable bonds is 1. The van der Waals surface area contributed by atoms with Crippen LogP contribution < -0.4 is 0 Å². The normalized spacial score (nSPS) is 13.7. The first-order chi connectivity index (χ1) is 4.22. The minimum atomic E-state index is -0.495. The molecule has 0 bridgehead atoms. The molecule has 0 amide bonds. The molecule has 9 heavy (non-hydrogen) atoms. The Kier molecular flexibility index (Phi) is 2.05. The molecule has 1 aromatic rings. The molecule has 0 aliphatic heterocycles. The first-order valence-electron chi connectivity index (χ1n) is 2.50. The van der Waals surface area contributed by atoms with Crippen LogP contribution >= 0.6 is 23.1 Å². The zero-order valence-corrected chi connectivity index (χ0v) is 6.41. The van der Waals surface area contributed by atoms with Crippen molar-refractivity contribution < 1.29 is 5.11 Å². The Hall–Kier alpha value is -0.120. The van der Waals surface area contributed by atoms with E-state index in [2.05, 4.69) is 4.37 Å². The molecule has 0 radical (unpaired) electrons. The van der Waals surface area contributed by atoms with E-state index in [0.717, 1.165) is 4.88 Å². The van der Waals surface area contributed by atoms with Crippen molar-refractivity contribution in [3.05, 3.63) is 16.1 Å². The summed E-state index contributed by atoms with van der Waals surface area (Å²) in [7, 11) is 0. The molecule has 0 saturated heterocycles. The van der Waals surface area contributed by atoms with Crippen LogP contribution in [0.5, 0.6) is 0 Å². The second-order valence-electron chi connectivity index (χ2n) is 1.71.